The van der Waals surface area contributed by atoms with Gasteiger partial charge in [0, 0.05) is 38.0 Å². The van der Waals surface area contributed by atoms with E-state index in [4.69, 9.17) is 0 Å². The van der Waals surface area contributed by atoms with E-state index in [1.165, 1.54) is 110 Å². The third-order valence-electron chi connectivity index (χ3n) is 12.5. The molecule has 0 N–H and O–H groups in total. The molecule has 2 heteroatoms. The summed E-state index contributed by atoms with van der Waals surface area (Å²) >= 11 is 0. The lowest BCUT2D eigenvalue weighted by Gasteiger charge is -2.22. The summed E-state index contributed by atoms with van der Waals surface area (Å²) in [5.74, 6) is 0. The number of hydrogen-bond donors (Lipinski definition) is 0. The van der Waals surface area contributed by atoms with Crippen LogP contribution in [0.25, 0.3) is 98.8 Å². The van der Waals surface area contributed by atoms with E-state index in [1.54, 1.807) is 0 Å². The molecule has 0 atom stereocenters. The van der Waals surface area contributed by atoms with Crippen LogP contribution in [0.5, 0.6) is 0 Å². The second-order valence-electron chi connectivity index (χ2n) is 15.7. The fraction of sp³-hybridized carbons (Fsp3) is 0.0566. The number of para-hydroxylation sites is 2. The molecular formula is C53H36N2. The fourth-order valence-corrected chi connectivity index (χ4v) is 9.89. The van der Waals surface area contributed by atoms with Crippen molar-refractivity contribution in [3.63, 3.8) is 0 Å². The predicted molar refractivity (Wildman–Crippen MR) is 233 cm³/mol. The number of rotatable bonds is 3. The Kier molecular flexibility index (Phi) is 6.15. The second kappa shape index (κ2) is 11.1. The van der Waals surface area contributed by atoms with Crippen molar-refractivity contribution in [2.75, 3.05) is 0 Å². The molecule has 2 heterocycles. The number of hydrogen-bond acceptors (Lipinski definition) is 0. The molecule has 11 aromatic rings. The molecule has 2 nitrogen and oxygen atoms in total. The van der Waals surface area contributed by atoms with Crippen molar-refractivity contribution in [2.24, 2.45) is 0 Å². The molecule has 0 saturated carbocycles. The quantitative estimate of drug-likeness (QED) is 0.162. The lowest BCUT2D eigenvalue weighted by atomic mass is 9.82. The molecule has 12 rings (SSSR count). The Labute approximate surface area is 319 Å². The topological polar surface area (TPSA) is 9.86 Å². The maximum absolute atomic E-state index is 2.47. The van der Waals surface area contributed by atoms with Gasteiger partial charge in [-0.15, -0.1) is 0 Å². The van der Waals surface area contributed by atoms with Gasteiger partial charge in [-0.05, 0) is 98.1 Å². The van der Waals surface area contributed by atoms with Crippen molar-refractivity contribution >= 4 is 65.2 Å². The van der Waals surface area contributed by atoms with E-state index < -0.39 is 0 Å². The van der Waals surface area contributed by atoms with Gasteiger partial charge in [0.05, 0.1) is 27.8 Å². The van der Waals surface area contributed by atoms with Gasteiger partial charge in [0.15, 0.2) is 0 Å². The Bertz CT molecular complexity index is 3410. The van der Waals surface area contributed by atoms with Crippen LogP contribution < -0.4 is 0 Å². The highest BCUT2D eigenvalue weighted by Crippen LogP contribution is 2.49. The molecule has 0 amide bonds. The molecule has 0 aliphatic heterocycles. The average Bonchev–Trinajstić information content (AvgIpc) is 3.83. The second-order valence-corrected chi connectivity index (χ2v) is 15.7. The molecule has 0 spiro atoms. The first kappa shape index (κ1) is 30.6. The summed E-state index contributed by atoms with van der Waals surface area (Å²) in [7, 11) is 0. The van der Waals surface area contributed by atoms with E-state index in [2.05, 4.69) is 205 Å². The maximum Gasteiger partial charge on any atom is 0.0547 e. The van der Waals surface area contributed by atoms with Gasteiger partial charge in [0.25, 0.3) is 0 Å². The zero-order valence-electron chi connectivity index (χ0n) is 30.7. The number of nitrogens with zero attached hydrogens (tertiary/aromatic N) is 2. The highest BCUT2D eigenvalue weighted by atomic mass is 15.0. The molecule has 0 radical (unpaired) electrons. The van der Waals surface area contributed by atoms with Crippen LogP contribution in [0.15, 0.2) is 182 Å². The predicted octanol–water partition coefficient (Wildman–Crippen LogP) is 14.2. The summed E-state index contributed by atoms with van der Waals surface area (Å²) in [6.07, 6.45) is 0. The largest absolute Gasteiger partial charge is 0.309 e. The van der Waals surface area contributed by atoms with Crippen molar-refractivity contribution in [1.82, 2.24) is 9.13 Å². The minimum absolute atomic E-state index is 0.0699. The van der Waals surface area contributed by atoms with Gasteiger partial charge >= 0.3 is 0 Å². The molecule has 0 bridgehead atoms. The SMILES string of the molecule is CC1(C)c2ccccc2-c2ccc(-n3c4ccccc4c4ccc(-c5ccc6c(c5)c5ccccc5n6-c5cc6ccccc6c6ccccc56)cc43)cc21. The molecule has 0 fully saturated rings. The molecule has 0 unspecified atom stereocenters. The fourth-order valence-electron chi connectivity index (χ4n) is 9.89. The molecule has 258 valence electrons. The van der Waals surface area contributed by atoms with Gasteiger partial charge < -0.3 is 9.13 Å². The van der Waals surface area contributed by atoms with E-state index in [1.807, 2.05) is 0 Å². The Hall–Kier alpha value is -6.90. The Morgan fingerprint density at radius 3 is 1.76 bits per heavy atom. The summed E-state index contributed by atoms with van der Waals surface area (Å²) in [4.78, 5) is 0. The van der Waals surface area contributed by atoms with Crippen molar-refractivity contribution in [1.29, 1.82) is 0 Å². The maximum atomic E-state index is 2.47. The van der Waals surface area contributed by atoms with Gasteiger partial charge in [-0.2, -0.15) is 0 Å². The highest BCUT2D eigenvalue weighted by molar-refractivity contribution is 6.16. The lowest BCUT2D eigenvalue weighted by Crippen LogP contribution is -2.15. The van der Waals surface area contributed by atoms with E-state index in [0.717, 1.165) is 0 Å². The lowest BCUT2D eigenvalue weighted by molar-refractivity contribution is 0.660. The van der Waals surface area contributed by atoms with Gasteiger partial charge in [-0.25, -0.2) is 0 Å². The minimum Gasteiger partial charge on any atom is -0.309 e. The summed E-state index contributed by atoms with van der Waals surface area (Å²) in [6.45, 7) is 4.72. The summed E-state index contributed by atoms with van der Waals surface area (Å²) < 4.78 is 4.95. The van der Waals surface area contributed by atoms with Crippen LogP contribution in [0.3, 0.4) is 0 Å². The molecule has 0 saturated heterocycles. The number of benzene rings is 9. The van der Waals surface area contributed by atoms with Crippen LogP contribution in [0.4, 0.5) is 0 Å². The van der Waals surface area contributed by atoms with Gasteiger partial charge in [-0.3, -0.25) is 0 Å². The molecule has 1 aliphatic rings. The smallest absolute Gasteiger partial charge is 0.0547 e. The third-order valence-corrected chi connectivity index (χ3v) is 12.5. The highest BCUT2D eigenvalue weighted by Gasteiger charge is 2.35. The van der Waals surface area contributed by atoms with Crippen LogP contribution in [0.2, 0.25) is 0 Å². The van der Waals surface area contributed by atoms with E-state index in [9.17, 15) is 0 Å². The van der Waals surface area contributed by atoms with Gasteiger partial charge in [0.1, 0.15) is 0 Å². The van der Waals surface area contributed by atoms with Crippen LogP contribution in [0.1, 0.15) is 25.0 Å². The molecule has 9 aromatic carbocycles. The van der Waals surface area contributed by atoms with Crippen molar-refractivity contribution in [3.05, 3.63) is 193 Å². The van der Waals surface area contributed by atoms with E-state index in [-0.39, 0.29) is 5.41 Å². The normalized spacial score (nSPS) is 13.4. The van der Waals surface area contributed by atoms with Gasteiger partial charge in [0.2, 0.25) is 0 Å². The monoisotopic (exact) mass is 700 g/mol. The standard InChI is InChI=1S/C53H36N2/c1-53(2)46-20-10-7-16-39(46)40-27-25-36(32-47(40)53)54-48-21-11-8-18-42(48)44-26-23-34(30-51(44)54)33-24-28-50-45(29-33)43-19-9-12-22-49(43)55(50)52-31-35-13-3-4-14-37(35)38-15-5-6-17-41(38)52/h3-32H,1-2H3. The Balaban J connectivity index is 1.06. The molecular weight excluding hydrogens is 665 g/mol. The third kappa shape index (κ3) is 4.20. The summed E-state index contributed by atoms with van der Waals surface area (Å²) in [5, 5.41) is 10.1. The first-order valence-electron chi connectivity index (χ1n) is 19.3. The molecule has 2 aromatic heterocycles. The van der Waals surface area contributed by atoms with Crippen LogP contribution in [-0.2, 0) is 5.41 Å². The zero-order valence-corrected chi connectivity index (χ0v) is 30.7. The van der Waals surface area contributed by atoms with E-state index >= 15 is 0 Å². The summed E-state index contributed by atoms with van der Waals surface area (Å²) in [6, 6.07) is 67.7. The van der Waals surface area contributed by atoms with Gasteiger partial charge in [-0.1, -0.05) is 147 Å². The zero-order chi connectivity index (χ0) is 36.4. The molecule has 55 heavy (non-hydrogen) atoms. The first-order chi connectivity index (χ1) is 27.0. The number of aromatic nitrogens is 2. The average molecular weight is 701 g/mol. The number of fused-ring (bicyclic) bond motifs is 12. The van der Waals surface area contributed by atoms with Crippen LogP contribution in [-0.4, -0.2) is 9.13 Å². The Morgan fingerprint density at radius 2 is 0.927 bits per heavy atom. The van der Waals surface area contributed by atoms with Crippen molar-refractivity contribution in [2.45, 2.75) is 19.3 Å². The van der Waals surface area contributed by atoms with Crippen molar-refractivity contribution in [3.8, 4) is 33.6 Å². The minimum atomic E-state index is -0.0699. The molecule has 1 aliphatic carbocycles. The van der Waals surface area contributed by atoms with E-state index in [0.29, 0.717) is 0 Å². The van der Waals surface area contributed by atoms with Crippen molar-refractivity contribution < 1.29 is 0 Å². The van der Waals surface area contributed by atoms with Crippen LogP contribution in [0, 0.1) is 0 Å². The summed E-state index contributed by atoms with van der Waals surface area (Å²) in [5.41, 5.74) is 15.1. The first-order valence-corrected chi connectivity index (χ1v) is 19.3. The Morgan fingerprint density at radius 1 is 0.345 bits per heavy atom. The van der Waals surface area contributed by atoms with Crippen LogP contribution >= 0.6 is 0 Å².